The summed E-state index contributed by atoms with van der Waals surface area (Å²) in [7, 11) is 3.91. The van der Waals surface area contributed by atoms with Crippen molar-refractivity contribution in [2.75, 3.05) is 19.0 Å². The fraction of sp³-hybridized carbons (Fsp3) is 0.118. The van der Waals surface area contributed by atoms with Crippen molar-refractivity contribution in [3.63, 3.8) is 0 Å². The summed E-state index contributed by atoms with van der Waals surface area (Å²) in [4.78, 5) is 16.8. The summed E-state index contributed by atoms with van der Waals surface area (Å²) in [5.41, 5.74) is 11.5. The molecule has 0 bridgehead atoms. The molecule has 0 aliphatic carbocycles. The predicted octanol–water partition coefficient (Wildman–Crippen LogP) is 4.59. The lowest BCUT2D eigenvalue weighted by atomic mass is 10.1. The van der Waals surface area contributed by atoms with Crippen molar-refractivity contribution in [1.29, 1.82) is 0 Å². The summed E-state index contributed by atoms with van der Waals surface area (Å²) in [6.07, 6.45) is 3.27. The molecule has 0 radical (unpaired) electrons. The summed E-state index contributed by atoms with van der Waals surface area (Å²) < 4.78 is 0. The maximum Gasteiger partial charge on any atom is 0.185 e. The number of azide groups is 1. The van der Waals surface area contributed by atoms with Gasteiger partial charge in [0.1, 0.15) is 0 Å². The number of anilines is 1. The van der Waals surface area contributed by atoms with Gasteiger partial charge >= 0.3 is 0 Å². The van der Waals surface area contributed by atoms with Gasteiger partial charge in [0.15, 0.2) is 5.78 Å². The van der Waals surface area contributed by atoms with Crippen LogP contribution in [-0.2, 0) is 0 Å². The number of carbonyl (C=O) groups is 1. The molecule has 2 rings (SSSR count). The molecule has 2 aromatic carbocycles. The number of hydrogen-bond acceptors (Lipinski definition) is 3. The molecule has 0 saturated carbocycles. The van der Waals surface area contributed by atoms with Crippen LogP contribution in [0.25, 0.3) is 16.5 Å². The maximum atomic E-state index is 12.1. The third kappa shape index (κ3) is 3.98. The molecular weight excluding hydrogens is 276 g/mol. The van der Waals surface area contributed by atoms with E-state index in [0.29, 0.717) is 11.3 Å². The van der Waals surface area contributed by atoms with Gasteiger partial charge in [-0.15, -0.1) is 0 Å². The molecule has 5 nitrogen and oxygen atoms in total. The molecule has 0 heterocycles. The topological polar surface area (TPSA) is 69.1 Å². The van der Waals surface area contributed by atoms with E-state index in [1.54, 1.807) is 30.3 Å². The van der Waals surface area contributed by atoms with E-state index < -0.39 is 0 Å². The van der Waals surface area contributed by atoms with Crippen LogP contribution in [0.1, 0.15) is 15.9 Å². The molecule has 5 heteroatoms. The van der Waals surface area contributed by atoms with Gasteiger partial charge in [0.25, 0.3) is 0 Å². The standard InChI is InChI=1S/C17H16N4O/c1-21(2)16-10-6-14(7-11-16)17(22)12-5-13-3-8-15(9-4-13)19-20-18/h3-12H,1-2H3/b12-5+. The van der Waals surface area contributed by atoms with Crippen molar-refractivity contribution in [2.24, 2.45) is 5.11 Å². The second kappa shape index (κ2) is 7.11. The number of benzene rings is 2. The Hall–Kier alpha value is -3.04. The Balaban J connectivity index is 2.08. The highest BCUT2D eigenvalue weighted by Crippen LogP contribution is 2.15. The van der Waals surface area contributed by atoms with Crippen molar-refractivity contribution in [3.8, 4) is 0 Å². The molecule has 0 aliphatic heterocycles. The smallest absolute Gasteiger partial charge is 0.185 e. The molecule has 110 valence electrons. The monoisotopic (exact) mass is 292 g/mol. The molecule has 0 unspecified atom stereocenters. The van der Waals surface area contributed by atoms with Crippen molar-refractivity contribution < 1.29 is 4.79 Å². The first-order valence-corrected chi connectivity index (χ1v) is 6.75. The Labute approximate surface area is 129 Å². The fourth-order valence-corrected chi connectivity index (χ4v) is 1.90. The van der Waals surface area contributed by atoms with E-state index in [4.69, 9.17) is 5.53 Å². The number of hydrogen-bond donors (Lipinski definition) is 0. The number of ketones is 1. The van der Waals surface area contributed by atoms with E-state index in [9.17, 15) is 4.79 Å². The molecule has 2 aromatic rings. The lowest BCUT2D eigenvalue weighted by Crippen LogP contribution is -2.08. The molecule has 0 spiro atoms. The van der Waals surface area contributed by atoms with Crippen LogP contribution in [0, 0.1) is 0 Å². The Kier molecular flexibility index (Phi) is 4.96. The third-order valence-corrected chi connectivity index (χ3v) is 3.15. The zero-order valence-corrected chi connectivity index (χ0v) is 12.5. The molecule has 0 N–H and O–H groups in total. The van der Waals surface area contributed by atoms with Crippen molar-refractivity contribution in [3.05, 3.63) is 76.2 Å². The summed E-state index contributed by atoms with van der Waals surface area (Å²) >= 11 is 0. The van der Waals surface area contributed by atoms with E-state index >= 15 is 0 Å². The van der Waals surface area contributed by atoms with Gasteiger partial charge in [0.2, 0.25) is 0 Å². The van der Waals surface area contributed by atoms with Gasteiger partial charge in [-0.2, -0.15) is 0 Å². The van der Waals surface area contributed by atoms with E-state index in [1.807, 2.05) is 43.3 Å². The summed E-state index contributed by atoms with van der Waals surface area (Å²) in [5, 5.41) is 3.50. The molecular formula is C17H16N4O. The normalized spacial score (nSPS) is 10.3. The van der Waals surface area contributed by atoms with Gasteiger partial charge in [0.05, 0.1) is 0 Å². The second-order valence-corrected chi connectivity index (χ2v) is 4.92. The fourth-order valence-electron chi connectivity index (χ4n) is 1.90. The summed E-state index contributed by atoms with van der Waals surface area (Å²) in [6.45, 7) is 0. The number of allylic oxidation sites excluding steroid dienone is 1. The minimum absolute atomic E-state index is 0.0515. The van der Waals surface area contributed by atoms with E-state index in [2.05, 4.69) is 10.0 Å². The van der Waals surface area contributed by atoms with Crippen molar-refractivity contribution in [1.82, 2.24) is 0 Å². The highest BCUT2D eigenvalue weighted by atomic mass is 16.1. The van der Waals surface area contributed by atoms with Crippen LogP contribution >= 0.6 is 0 Å². The molecule has 22 heavy (non-hydrogen) atoms. The first-order valence-electron chi connectivity index (χ1n) is 6.75. The Morgan fingerprint density at radius 2 is 1.73 bits per heavy atom. The number of rotatable bonds is 5. The lowest BCUT2D eigenvalue weighted by Gasteiger charge is -2.11. The predicted molar refractivity (Wildman–Crippen MR) is 89.4 cm³/mol. The van der Waals surface area contributed by atoms with Crippen LogP contribution < -0.4 is 4.90 Å². The summed E-state index contributed by atoms with van der Waals surface area (Å²) in [6, 6.07) is 14.4. The van der Waals surface area contributed by atoms with E-state index in [-0.39, 0.29) is 5.78 Å². The molecule has 0 fully saturated rings. The van der Waals surface area contributed by atoms with Crippen LogP contribution in [0.4, 0.5) is 11.4 Å². The SMILES string of the molecule is CN(C)c1ccc(C(=O)/C=C/c2ccc(N=[N+]=[N-])cc2)cc1. The molecule has 0 saturated heterocycles. The highest BCUT2D eigenvalue weighted by molar-refractivity contribution is 6.06. The van der Waals surface area contributed by atoms with Crippen LogP contribution in [0.5, 0.6) is 0 Å². The average Bonchev–Trinajstić information content (AvgIpc) is 2.54. The van der Waals surface area contributed by atoms with Crippen molar-refractivity contribution in [2.45, 2.75) is 0 Å². The first-order chi connectivity index (χ1) is 10.6. The Morgan fingerprint density at radius 1 is 1.09 bits per heavy atom. The third-order valence-electron chi connectivity index (χ3n) is 3.15. The zero-order chi connectivity index (χ0) is 15.9. The molecule has 0 aromatic heterocycles. The van der Waals surface area contributed by atoms with E-state index in [0.717, 1.165) is 11.3 Å². The largest absolute Gasteiger partial charge is 0.378 e. The van der Waals surface area contributed by atoms with Gasteiger partial charge in [0, 0.05) is 35.9 Å². The van der Waals surface area contributed by atoms with E-state index in [1.165, 1.54) is 6.08 Å². The minimum atomic E-state index is -0.0515. The van der Waals surface area contributed by atoms with Gasteiger partial charge in [-0.05, 0) is 41.4 Å². The van der Waals surface area contributed by atoms with Gasteiger partial charge in [-0.3, -0.25) is 4.79 Å². The van der Waals surface area contributed by atoms with Gasteiger partial charge in [-0.25, -0.2) is 0 Å². The second-order valence-electron chi connectivity index (χ2n) is 4.92. The first kappa shape index (κ1) is 15.4. The number of carbonyl (C=O) groups excluding carboxylic acids is 1. The van der Waals surface area contributed by atoms with Crippen LogP contribution in [0.15, 0.2) is 59.7 Å². The quantitative estimate of drug-likeness (QED) is 0.266. The highest BCUT2D eigenvalue weighted by Gasteiger charge is 2.02. The summed E-state index contributed by atoms with van der Waals surface area (Å²) in [5.74, 6) is -0.0515. The maximum absolute atomic E-state index is 12.1. The molecule has 0 amide bonds. The minimum Gasteiger partial charge on any atom is -0.378 e. The number of nitrogens with zero attached hydrogens (tertiary/aromatic N) is 4. The zero-order valence-electron chi connectivity index (χ0n) is 12.5. The van der Waals surface area contributed by atoms with Crippen LogP contribution in [0.3, 0.4) is 0 Å². The Morgan fingerprint density at radius 3 is 2.27 bits per heavy atom. The van der Waals surface area contributed by atoms with Gasteiger partial charge < -0.3 is 4.90 Å². The van der Waals surface area contributed by atoms with Crippen molar-refractivity contribution >= 4 is 23.2 Å². The molecule has 0 aliphatic rings. The lowest BCUT2D eigenvalue weighted by molar-refractivity contribution is 0.104. The molecule has 0 atom stereocenters. The Bertz CT molecular complexity index is 724. The van der Waals surface area contributed by atoms with Crippen LogP contribution in [0.2, 0.25) is 0 Å². The van der Waals surface area contributed by atoms with Gasteiger partial charge in [-0.1, -0.05) is 35.5 Å². The van der Waals surface area contributed by atoms with Crippen LogP contribution in [-0.4, -0.2) is 19.9 Å². The average molecular weight is 292 g/mol.